The molecule has 1 aliphatic rings. The van der Waals surface area contributed by atoms with Crippen molar-refractivity contribution in [3.63, 3.8) is 0 Å². The number of hydrogen-bond acceptors (Lipinski definition) is 2. The molecular formula is C20H19F4N3. The number of nitrogens with zero attached hydrogens (tertiary/aromatic N) is 3. The molecule has 1 atom stereocenters. The molecule has 2 heterocycles. The summed E-state index contributed by atoms with van der Waals surface area (Å²) in [5.41, 5.74) is 1.50. The number of benzene rings is 1. The molecule has 1 aromatic heterocycles. The van der Waals surface area contributed by atoms with Crippen LogP contribution in [0.1, 0.15) is 31.5 Å². The highest BCUT2D eigenvalue weighted by Crippen LogP contribution is 2.37. The van der Waals surface area contributed by atoms with E-state index in [-0.39, 0.29) is 12.1 Å². The molecule has 142 valence electrons. The van der Waals surface area contributed by atoms with Gasteiger partial charge in [-0.3, -0.25) is 0 Å². The number of aryl methyl sites for hydroxylation is 1. The number of halogens is 4. The van der Waals surface area contributed by atoms with Crippen LogP contribution in [0.15, 0.2) is 36.4 Å². The Morgan fingerprint density at radius 3 is 2.67 bits per heavy atom. The van der Waals surface area contributed by atoms with Crippen molar-refractivity contribution in [1.29, 1.82) is 5.26 Å². The molecule has 27 heavy (non-hydrogen) atoms. The summed E-state index contributed by atoms with van der Waals surface area (Å²) in [5.74, 6) is -0.452. The number of hydrogen-bond donors (Lipinski definition) is 0. The van der Waals surface area contributed by atoms with Crippen LogP contribution in [0.5, 0.6) is 0 Å². The standard InChI is InChI=1S/C20H19F4N3/c1-3-9-27-18-11-14(21)7-8-15(18)16(12-25)19(27)17-6-4-5-10-26(17)13(2)20(22,23)24/h4-8,11,13H,3,9-10H2,1-2H3/t13-/m1/s1. The molecule has 0 saturated heterocycles. The van der Waals surface area contributed by atoms with Gasteiger partial charge in [-0.25, -0.2) is 4.39 Å². The first-order valence-corrected chi connectivity index (χ1v) is 8.72. The van der Waals surface area contributed by atoms with E-state index in [1.807, 2.05) is 6.92 Å². The maximum atomic E-state index is 13.8. The van der Waals surface area contributed by atoms with E-state index in [1.54, 1.807) is 22.8 Å². The molecule has 0 saturated carbocycles. The molecule has 0 bridgehead atoms. The lowest BCUT2D eigenvalue weighted by molar-refractivity contribution is -0.169. The summed E-state index contributed by atoms with van der Waals surface area (Å²) in [7, 11) is 0. The van der Waals surface area contributed by atoms with Crippen LogP contribution in [-0.2, 0) is 6.54 Å². The van der Waals surface area contributed by atoms with Crippen molar-refractivity contribution in [2.75, 3.05) is 6.54 Å². The minimum Gasteiger partial charge on any atom is -0.354 e. The number of fused-ring (bicyclic) bond motifs is 1. The Morgan fingerprint density at radius 2 is 2.04 bits per heavy atom. The number of aromatic nitrogens is 1. The Hall–Kier alpha value is -2.75. The van der Waals surface area contributed by atoms with Gasteiger partial charge in [0, 0.05) is 18.5 Å². The first-order valence-electron chi connectivity index (χ1n) is 8.72. The molecule has 1 aromatic carbocycles. The zero-order chi connectivity index (χ0) is 19.8. The second-order valence-corrected chi connectivity index (χ2v) is 6.50. The Morgan fingerprint density at radius 1 is 1.30 bits per heavy atom. The number of rotatable bonds is 4. The summed E-state index contributed by atoms with van der Waals surface area (Å²) >= 11 is 0. The van der Waals surface area contributed by atoms with E-state index in [0.29, 0.717) is 35.3 Å². The average Bonchev–Trinajstić information content (AvgIpc) is 2.93. The molecule has 0 fully saturated rings. The van der Waals surface area contributed by atoms with Gasteiger partial charge in [0.25, 0.3) is 0 Å². The number of allylic oxidation sites excluding steroid dienone is 2. The van der Waals surface area contributed by atoms with Crippen molar-refractivity contribution in [2.24, 2.45) is 0 Å². The quantitative estimate of drug-likeness (QED) is 0.684. The van der Waals surface area contributed by atoms with Gasteiger partial charge in [0.15, 0.2) is 0 Å². The Bertz CT molecular complexity index is 960. The van der Waals surface area contributed by atoms with Crippen LogP contribution >= 0.6 is 0 Å². The van der Waals surface area contributed by atoms with Crippen molar-refractivity contribution in [2.45, 2.75) is 39.0 Å². The Balaban J connectivity index is 2.28. The summed E-state index contributed by atoms with van der Waals surface area (Å²) in [4.78, 5) is 1.23. The van der Waals surface area contributed by atoms with Gasteiger partial charge in [0.1, 0.15) is 17.9 Å². The van der Waals surface area contributed by atoms with Crippen molar-refractivity contribution >= 4 is 16.6 Å². The van der Waals surface area contributed by atoms with Crippen LogP contribution in [-0.4, -0.2) is 28.2 Å². The highest BCUT2D eigenvalue weighted by atomic mass is 19.4. The predicted octanol–water partition coefficient (Wildman–Crippen LogP) is 5.23. The third-order valence-electron chi connectivity index (χ3n) is 4.77. The molecule has 0 N–H and O–H groups in total. The van der Waals surface area contributed by atoms with Crippen molar-refractivity contribution in [3.05, 3.63) is 53.5 Å². The van der Waals surface area contributed by atoms with Gasteiger partial charge >= 0.3 is 6.18 Å². The summed E-state index contributed by atoms with van der Waals surface area (Å²) in [6.07, 6.45) is 1.19. The van der Waals surface area contributed by atoms with Gasteiger partial charge in [0.2, 0.25) is 0 Å². The zero-order valence-corrected chi connectivity index (χ0v) is 15.0. The molecule has 2 aromatic rings. The lowest BCUT2D eigenvalue weighted by Gasteiger charge is -2.35. The van der Waals surface area contributed by atoms with E-state index in [2.05, 4.69) is 6.07 Å². The summed E-state index contributed by atoms with van der Waals surface area (Å²) in [6.45, 7) is 3.57. The van der Waals surface area contributed by atoms with E-state index in [4.69, 9.17) is 0 Å². The van der Waals surface area contributed by atoms with E-state index < -0.39 is 18.0 Å². The molecule has 0 radical (unpaired) electrons. The molecule has 0 spiro atoms. The molecular weight excluding hydrogens is 358 g/mol. The molecule has 1 aliphatic heterocycles. The SMILES string of the molecule is CCCn1c(C2=CC=CCN2[C@H](C)C(F)(F)F)c(C#N)c2ccc(F)cc21. The highest BCUT2D eigenvalue weighted by Gasteiger charge is 2.42. The highest BCUT2D eigenvalue weighted by molar-refractivity contribution is 5.93. The fourth-order valence-electron chi connectivity index (χ4n) is 3.44. The second kappa shape index (κ2) is 7.10. The van der Waals surface area contributed by atoms with Crippen molar-refractivity contribution in [1.82, 2.24) is 9.47 Å². The molecule has 3 rings (SSSR count). The van der Waals surface area contributed by atoms with E-state index in [1.165, 1.54) is 23.1 Å². The Kier molecular flexibility index (Phi) is 5.01. The first-order chi connectivity index (χ1) is 12.8. The van der Waals surface area contributed by atoms with Crippen LogP contribution in [0.25, 0.3) is 16.6 Å². The molecule has 0 amide bonds. The van der Waals surface area contributed by atoms with Crippen molar-refractivity contribution < 1.29 is 17.6 Å². The van der Waals surface area contributed by atoms with Crippen LogP contribution < -0.4 is 0 Å². The van der Waals surface area contributed by atoms with Gasteiger partial charge in [-0.15, -0.1) is 0 Å². The van der Waals surface area contributed by atoms with E-state index >= 15 is 0 Å². The smallest absolute Gasteiger partial charge is 0.354 e. The summed E-state index contributed by atoms with van der Waals surface area (Å²) in [5, 5.41) is 10.3. The lowest BCUT2D eigenvalue weighted by atomic mass is 10.1. The van der Waals surface area contributed by atoms with Crippen LogP contribution in [0.2, 0.25) is 0 Å². The van der Waals surface area contributed by atoms with Crippen LogP contribution in [0.3, 0.4) is 0 Å². The fraction of sp³-hybridized carbons (Fsp3) is 0.350. The molecule has 0 unspecified atom stereocenters. The Labute approximate surface area is 154 Å². The monoisotopic (exact) mass is 377 g/mol. The predicted molar refractivity (Wildman–Crippen MR) is 96.2 cm³/mol. The third kappa shape index (κ3) is 3.32. The normalized spacial score (nSPS) is 15.7. The van der Waals surface area contributed by atoms with Crippen LogP contribution in [0.4, 0.5) is 17.6 Å². The van der Waals surface area contributed by atoms with Gasteiger partial charge < -0.3 is 9.47 Å². The first kappa shape index (κ1) is 19.0. The van der Waals surface area contributed by atoms with Gasteiger partial charge in [0.05, 0.1) is 22.5 Å². The maximum Gasteiger partial charge on any atom is 0.408 e. The lowest BCUT2D eigenvalue weighted by Crippen LogP contribution is -2.43. The second-order valence-electron chi connectivity index (χ2n) is 6.50. The van der Waals surface area contributed by atoms with Gasteiger partial charge in [-0.1, -0.05) is 19.1 Å². The number of alkyl halides is 3. The van der Waals surface area contributed by atoms with Crippen LogP contribution in [0, 0.1) is 17.1 Å². The topological polar surface area (TPSA) is 32.0 Å². The maximum absolute atomic E-state index is 13.8. The fourth-order valence-corrected chi connectivity index (χ4v) is 3.44. The minimum absolute atomic E-state index is 0.0827. The summed E-state index contributed by atoms with van der Waals surface area (Å²) in [6, 6.07) is 4.49. The summed E-state index contributed by atoms with van der Waals surface area (Å²) < 4.78 is 55.8. The van der Waals surface area contributed by atoms with E-state index in [9.17, 15) is 22.8 Å². The molecule has 0 aliphatic carbocycles. The van der Waals surface area contributed by atoms with Crippen molar-refractivity contribution in [3.8, 4) is 6.07 Å². The number of nitriles is 1. The van der Waals surface area contributed by atoms with Gasteiger partial charge in [-0.05, 0) is 37.6 Å². The largest absolute Gasteiger partial charge is 0.408 e. The van der Waals surface area contributed by atoms with E-state index in [0.717, 1.165) is 6.92 Å². The minimum atomic E-state index is -4.41. The average molecular weight is 377 g/mol. The zero-order valence-electron chi connectivity index (χ0n) is 15.0. The van der Waals surface area contributed by atoms with Gasteiger partial charge in [-0.2, -0.15) is 18.4 Å². The third-order valence-corrected chi connectivity index (χ3v) is 4.77. The molecule has 3 nitrogen and oxygen atoms in total. The molecule has 7 heteroatoms.